The van der Waals surface area contributed by atoms with Gasteiger partial charge in [0, 0.05) is 110 Å². The van der Waals surface area contributed by atoms with Gasteiger partial charge in [-0.2, -0.15) is 15.8 Å². The lowest BCUT2D eigenvalue weighted by Gasteiger charge is -2.15. The van der Waals surface area contributed by atoms with Gasteiger partial charge in [-0.3, -0.25) is 0 Å². The fourth-order valence-electron chi connectivity index (χ4n) is 15.8. The lowest BCUT2D eigenvalue weighted by molar-refractivity contribution is 0.264. The second kappa shape index (κ2) is 44.6. The van der Waals surface area contributed by atoms with Gasteiger partial charge in [0.05, 0.1) is 134 Å². The third-order valence-electron chi connectivity index (χ3n) is 24.5. The number of ether oxygens (including phenoxy) is 1. The molecule has 0 amide bonds. The van der Waals surface area contributed by atoms with Crippen LogP contribution in [0.25, 0.3) is 0 Å². The summed E-state index contributed by atoms with van der Waals surface area (Å²) in [6, 6.07) is 50.7. The third-order valence-corrected chi connectivity index (χ3v) is 31.5. The number of nitrogens with two attached hydrogens (primary N) is 4. The Kier molecular flexibility index (Phi) is 37.6. The van der Waals surface area contributed by atoms with Gasteiger partial charge in [-0.1, -0.05) is 234 Å². The first-order valence-electron chi connectivity index (χ1n) is 38.3. The van der Waals surface area contributed by atoms with E-state index >= 15 is 0 Å². The Morgan fingerprint density at radius 3 is 0.825 bits per heavy atom. The number of hydrogen-bond acceptors (Lipinski definition) is 13. The first-order chi connectivity index (χ1) is 57.2. The summed E-state index contributed by atoms with van der Waals surface area (Å²) >= 11 is 111. The van der Waals surface area contributed by atoms with Gasteiger partial charge < -0.3 is 53.4 Å². The number of fused-ring (bicyclic) bond motifs is 1. The molecule has 13 nitrogen and oxygen atoms in total. The smallest absolute Gasteiger partial charge is 0.0944 e. The largest absolute Gasteiger partial charge is 0.396 e. The normalized spacial score (nSPS) is 28.0. The van der Waals surface area contributed by atoms with Crippen LogP contribution in [0, 0.1) is 75.4 Å². The zero-order chi connectivity index (χ0) is 88.0. The van der Waals surface area contributed by atoms with Crippen molar-refractivity contribution in [1.29, 1.82) is 15.8 Å². The van der Waals surface area contributed by atoms with Gasteiger partial charge in [0.15, 0.2) is 0 Å². The standard InChI is InChI=1S/2C11H12Cl3N.2C11H13Cl2NO.2C11H9Cl2NO.C11H11Cl2N.C8H5Cl2N.C3H5ClO/c2*12-5-8-4-11(8,6-15)7-1-2-9(13)10(14)3-7;4*12-9-2-1-7(3-10(9)13)11(6-14)4-8(11)5-15;12-9-2-1-7(3-10(9)13)11-4-8(11)5-14-6-11;9-7-2-1-6(3-4-11)5-8(7)10;4-1-3-2-5-3/h2*1-3,8H,4-6,15H2;2*1-3,8,15H,4-6,14H2;2*1-3,8,15H,4-5H2;1-3,8,14H,4-6H2;1-2,5H,3H2;3H,1-2H2/t8-,11+;8-,11-;8-,11+;8-,11-;8-,11+;8-,11-;8-,11+;;3-/m1111111.1/s1. The molecule has 0 unspecified atom stereocenters. The van der Waals surface area contributed by atoms with Gasteiger partial charge in [0.2, 0.25) is 0 Å². The average Bonchev–Trinajstić information content (AvgIpc) is 1.54. The molecule has 9 aliphatic rings. The number of aliphatic hydroxyl groups excluding tert-OH is 4. The summed E-state index contributed by atoms with van der Waals surface area (Å²) in [5, 5.41) is 75.2. The number of nitrogens with one attached hydrogen (secondary N) is 1. The van der Waals surface area contributed by atoms with E-state index in [1.165, 1.54) is 12.0 Å². The lowest BCUT2D eigenvalue weighted by Crippen LogP contribution is -2.23. The van der Waals surface area contributed by atoms with Crippen molar-refractivity contribution in [3.05, 3.63) is 270 Å². The van der Waals surface area contributed by atoms with Crippen LogP contribution in [0.2, 0.25) is 80.4 Å². The van der Waals surface area contributed by atoms with Gasteiger partial charge in [-0.15, -0.1) is 34.8 Å². The highest BCUT2D eigenvalue weighted by Crippen LogP contribution is 2.60. The molecule has 7 saturated carbocycles. The Hall–Kier alpha value is -2.66. The number of hydrogen-bond donors (Lipinski definition) is 9. The molecule has 17 rings (SSSR count). The third kappa shape index (κ3) is 23.9. The summed E-state index contributed by atoms with van der Waals surface area (Å²) in [4.78, 5) is 0. The first kappa shape index (κ1) is 101. The van der Waals surface area contributed by atoms with Crippen molar-refractivity contribution in [3.63, 3.8) is 0 Å². The van der Waals surface area contributed by atoms with Crippen LogP contribution >= 0.6 is 220 Å². The van der Waals surface area contributed by atoms with Crippen LogP contribution in [0.5, 0.6) is 0 Å². The summed E-state index contributed by atoms with van der Waals surface area (Å²) in [7, 11) is 0. The van der Waals surface area contributed by atoms with E-state index in [0.29, 0.717) is 167 Å². The molecule has 8 aromatic carbocycles. The zero-order valence-corrected chi connectivity index (χ0v) is 78.9. The van der Waals surface area contributed by atoms with E-state index in [2.05, 4.69) is 23.5 Å². The monoisotopic (exact) mass is 2000 g/mol. The summed E-state index contributed by atoms with van der Waals surface area (Å²) in [5.41, 5.74) is 30.8. The minimum atomic E-state index is -0.553. The Morgan fingerprint density at radius 2 is 0.617 bits per heavy atom. The summed E-state index contributed by atoms with van der Waals surface area (Å²) in [6.07, 6.45) is 7.41. The van der Waals surface area contributed by atoms with Crippen LogP contribution in [-0.4, -0.2) is 116 Å². The molecule has 2 heterocycles. The van der Waals surface area contributed by atoms with Gasteiger partial charge in [-0.25, -0.2) is 0 Å². The number of epoxide rings is 1. The molecule has 32 heteroatoms. The molecule has 7 aliphatic carbocycles. The van der Waals surface area contributed by atoms with Gasteiger partial charge in [0.1, 0.15) is 0 Å². The van der Waals surface area contributed by atoms with Gasteiger partial charge in [0.25, 0.3) is 0 Å². The van der Waals surface area contributed by atoms with E-state index in [-0.39, 0.29) is 71.8 Å². The number of alkyl halides is 3. The minimum absolute atomic E-state index is 0.0275. The molecule has 0 aromatic heterocycles. The molecule has 9 fully saturated rings. The van der Waals surface area contributed by atoms with E-state index < -0.39 is 10.8 Å². The maximum absolute atomic E-state index is 9.14. The van der Waals surface area contributed by atoms with Crippen LogP contribution in [-0.2, 0) is 49.1 Å². The van der Waals surface area contributed by atoms with Crippen molar-refractivity contribution in [2.75, 3.05) is 89.9 Å². The Morgan fingerprint density at radius 1 is 0.342 bits per heavy atom. The quantitative estimate of drug-likeness (QED) is 0.0269. The van der Waals surface area contributed by atoms with Gasteiger partial charge in [-0.05, 0) is 223 Å². The van der Waals surface area contributed by atoms with Crippen molar-refractivity contribution in [2.45, 2.75) is 95.4 Å². The molecule has 120 heavy (non-hydrogen) atoms. The Bertz CT molecular complexity index is 4640. The molecule has 0 bridgehead atoms. The highest BCUT2D eigenvalue weighted by Gasteiger charge is 2.60. The van der Waals surface area contributed by atoms with Crippen molar-refractivity contribution in [3.8, 4) is 18.2 Å². The van der Waals surface area contributed by atoms with Crippen molar-refractivity contribution >= 4 is 220 Å². The number of piperidine rings is 1. The van der Waals surface area contributed by atoms with Crippen molar-refractivity contribution in [1.82, 2.24) is 5.32 Å². The maximum atomic E-state index is 9.14. The summed E-state index contributed by atoms with van der Waals surface area (Å²) < 4.78 is 4.73. The highest BCUT2D eigenvalue weighted by molar-refractivity contribution is 6.45. The zero-order valence-electron chi connectivity index (χ0n) is 64.6. The van der Waals surface area contributed by atoms with Crippen LogP contribution in [0.3, 0.4) is 0 Å². The second-order valence-corrected chi connectivity index (χ2v) is 38.8. The molecule has 13 N–H and O–H groups in total. The molecule has 15 atom stereocenters. The minimum Gasteiger partial charge on any atom is -0.396 e. The number of benzene rings is 8. The topological polar surface area (TPSA) is 281 Å². The lowest BCUT2D eigenvalue weighted by atomic mass is 9.93. The van der Waals surface area contributed by atoms with Crippen LogP contribution in [0.1, 0.15) is 89.5 Å². The molecule has 644 valence electrons. The second-order valence-electron chi connectivity index (χ2n) is 31.3. The van der Waals surface area contributed by atoms with E-state index in [0.717, 1.165) is 90.2 Å². The summed E-state index contributed by atoms with van der Waals surface area (Å²) in [5.74, 6) is 4.32. The average molecular weight is 2010 g/mol. The Balaban J connectivity index is 0.000000155. The van der Waals surface area contributed by atoms with Crippen LogP contribution < -0.4 is 28.3 Å². The summed E-state index contributed by atoms with van der Waals surface area (Å²) in [6.45, 7) is 5.85. The van der Waals surface area contributed by atoms with E-state index in [4.69, 9.17) is 284 Å². The molecular weight excluding hydrogens is 1920 g/mol. The van der Waals surface area contributed by atoms with Crippen molar-refractivity contribution < 1.29 is 25.2 Å². The first-order valence-corrected chi connectivity index (χ1v) is 45.9. The predicted molar refractivity (Wildman–Crippen MR) is 500 cm³/mol. The van der Waals surface area contributed by atoms with E-state index in [9.17, 15) is 0 Å². The molecule has 8 aromatic rings. The number of nitrogens with zero attached hydrogens (tertiary/aromatic N) is 3. The molecule has 0 radical (unpaired) electrons. The fraction of sp³-hybridized carbons (Fsp3) is 0.420. The SMILES string of the molecule is ClC[C@@H]1CO1.Clc1ccc([C@]23CNC[C@H]2C3)cc1Cl.N#CCc1ccc(Cl)c(Cl)c1.N#C[C@@]1(c2ccc(Cl)c(Cl)c2)C[C@@H]1CO.N#C[C@]1(c2ccc(Cl)c(Cl)c2)C[C@@H]1CO.NC[C@@]1(c2ccc(Cl)c(Cl)c2)C[C@@H]1CCl.NC[C@@]1(c2ccc(Cl)c(Cl)c2)C[C@@H]1CO.NC[C@]1(c2ccc(Cl)c(Cl)c2)C[C@@H]1CCl.NC[C@]1(c2ccc(Cl)c(Cl)c2)C[C@@H]1CO. The number of rotatable bonds is 19. The fourth-order valence-corrected chi connectivity index (χ4v) is 19.2. The molecule has 0 spiro atoms. The number of halogens is 19. The molecular formula is C88H89Cl19N8O5. The number of aliphatic hydroxyl groups is 4. The van der Waals surface area contributed by atoms with E-state index in [1.807, 2.05) is 78.9 Å². The molecule has 2 aliphatic heterocycles. The highest BCUT2D eigenvalue weighted by atomic mass is 35.5. The predicted octanol–water partition coefficient (Wildman–Crippen LogP) is 23.4. The van der Waals surface area contributed by atoms with Crippen LogP contribution in [0.4, 0.5) is 0 Å². The van der Waals surface area contributed by atoms with Crippen LogP contribution in [0.15, 0.2) is 146 Å². The van der Waals surface area contributed by atoms with E-state index in [1.54, 1.807) is 66.7 Å². The van der Waals surface area contributed by atoms with Gasteiger partial charge >= 0.3 is 0 Å². The Labute approximate surface area is 797 Å². The number of nitriles is 3. The molecule has 2 saturated heterocycles. The maximum Gasteiger partial charge on any atom is 0.0944 e. The van der Waals surface area contributed by atoms with Crippen molar-refractivity contribution in [2.24, 2.45) is 64.4 Å².